The van der Waals surface area contributed by atoms with Crippen molar-refractivity contribution in [2.45, 2.75) is 50.4 Å². The van der Waals surface area contributed by atoms with Crippen LogP contribution < -0.4 is 5.56 Å². The summed E-state index contributed by atoms with van der Waals surface area (Å²) in [5, 5.41) is 2.02. The molecule has 1 aromatic carbocycles. The number of aryl methyl sites for hydroxylation is 3. The first kappa shape index (κ1) is 15.9. The van der Waals surface area contributed by atoms with Gasteiger partial charge < -0.3 is 0 Å². The molecule has 1 aliphatic rings. The van der Waals surface area contributed by atoms with E-state index in [-0.39, 0.29) is 5.56 Å². The molecule has 3 aromatic rings. The fourth-order valence-corrected chi connectivity index (χ4v) is 5.48. The molecule has 2 aromatic heterocycles. The van der Waals surface area contributed by atoms with E-state index in [9.17, 15) is 4.79 Å². The van der Waals surface area contributed by atoms with Crippen molar-refractivity contribution in [3.63, 3.8) is 0 Å². The zero-order valence-corrected chi connectivity index (χ0v) is 15.8. The Morgan fingerprint density at radius 1 is 1.29 bits per heavy atom. The topological polar surface area (TPSA) is 34.9 Å². The maximum absolute atomic E-state index is 13.4. The number of hydrogen-bond acceptors (Lipinski definition) is 4. The standard InChI is InChI=1S/C19H20N2OS2/c1-11(2)23-19-20-17-16(14-8-5-9-15(14)24-17)18(22)21(19)13-7-4-6-12(3)10-13/h4,6-7,10-11H,5,8-9H2,1-3H3. The fraction of sp³-hybridized carbons (Fsp3) is 0.368. The van der Waals surface area contributed by atoms with Crippen molar-refractivity contribution in [3.05, 3.63) is 50.6 Å². The van der Waals surface area contributed by atoms with Crippen LogP contribution in [0.15, 0.2) is 34.2 Å². The molecule has 0 unspecified atom stereocenters. The molecule has 0 N–H and O–H groups in total. The molecule has 0 bridgehead atoms. The van der Waals surface area contributed by atoms with Gasteiger partial charge in [0, 0.05) is 10.1 Å². The minimum Gasteiger partial charge on any atom is -0.268 e. The molecule has 124 valence electrons. The van der Waals surface area contributed by atoms with Crippen LogP contribution in [0.5, 0.6) is 0 Å². The predicted octanol–water partition coefficient (Wildman–Crippen LogP) is 4.74. The molecule has 0 radical (unpaired) electrons. The van der Waals surface area contributed by atoms with Crippen molar-refractivity contribution in [1.82, 2.24) is 9.55 Å². The number of thioether (sulfide) groups is 1. The van der Waals surface area contributed by atoms with E-state index in [0.29, 0.717) is 5.25 Å². The lowest BCUT2D eigenvalue weighted by molar-refractivity contribution is 0.815. The molecular weight excluding hydrogens is 336 g/mol. The number of aromatic nitrogens is 2. The van der Waals surface area contributed by atoms with E-state index in [1.165, 1.54) is 10.4 Å². The first-order chi connectivity index (χ1) is 11.5. The summed E-state index contributed by atoms with van der Waals surface area (Å²) >= 11 is 3.37. The molecule has 1 aliphatic carbocycles. The van der Waals surface area contributed by atoms with Gasteiger partial charge in [-0.25, -0.2) is 4.98 Å². The zero-order valence-electron chi connectivity index (χ0n) is 14.1. The third-order valence-electron chi connectivity index (χ3n) is 4.31. The van der Waals surface area contributed by atoms with Crippen molar-refractivity contribution < 1.29 is 0 Å². The van der Waals surface area contributed by atoms with Gasteiger partial charge in [-0.15, -0.1) is 11.3 Å². The highest BCUT2D eigenvalue weighted by atomic mass is 32.2. The number of benzene rings is 1. The van der Waals surface area contributed by atoms with Crippen LogP contribution in [0.25, 0.3) is 15.9 Å². The number of rotatable bonds is 3. The maximum atomic E-state index is 13.4. The summed E-state index contributed by atoms with van der Waals surface area (Å²) in [4.78, 5) is 20.5. The summed E-state index contributed by atoms with van der Waals surface area (Å²) in [6.07, 6.45) is 3.26. The average Bonchev–Trinajstić information content (AvgIpc) is 3.06. The van der Waals surface area contributed by atoms with Crippen LogP contribution in [0.3, 0.4) is 0 Å². The second kappa shape index (κ2) is 6.05. The van der Waals surface area contributed by atoms with Crippen molar-refractivity contribution in [2.75, 3.05) is 0 Å². The maximum Gasteiger partial charge on any atom is 0.267 e. The highest BCUT2D eigenvalue weighted by Gasteiger charge is 2.24. The molecule has 4 rings (SSSR count). The van der Waals surface area contributed by atoms with Crippen molar-refractivity contribution >= 4 is 33.3 Å². The second-order valence-electron chi connectivity index (χ2n) is 6.58. The molecule has 0 atom stereocenters. The average molecular weight is 357 g/mol. The monoisotopic (exact) mass is 356 g/mol. The van der Waals surface area contributed by atoms with Gasteiger partial charge in [-0.05, 0) is 49.4 Å². The molecule has 0 saturated carbocycles. The van der Waals surface area contributed by atoms with Gasteiger partial charge in [0.05, 0.1) is 11.1 Å². The SMILES string of the molecule is Cc1cccc(-n2c(SC(C)C)nc3sc4c(c3c2=O)CCC4)c1. The Morgan fingerprint density at radius 2 is 2.12 bits per heavy atom. The van der Waals surface area contributed by atoms with Crippen molar-refractivity contribution in [2.24, 2.45) is 0 Å². The summed E-state index contributed by atoms with van der Waals surface area (Å²) in [7, 11) is 0. The molecule has 24 heavy (non-hydrogen) atoms. The number of nitrogens with zero attached hydrogens (tertiary/aromatic N) is 2. The van der Waals surface area contributed by atoms with Crippen LogP contribution in [-0.4, -0.2) is 14.8 Å². The normalized spacial score (nSPS) is 13.8. The summed E-state index contributed by atoms with van der Waals surface area (Å²) in [5.41, 5.74) is 3.40. The predicted molar refractivity (Wildman–Crippen MR) is 103 cm³/mol. The van der Waals surface area contributed by atoms with E-state index >= 15 is 0 Å². The van der Waals surface area contributed by atoms with Crippen LogP contribution in [0, 0.1) is 6.92 Å². The lowest BCUT2D eigenvalue weighted by atomic mass is 10.2. The number of fused-ring (bicyclic) bond motifs is 3. The molecule has 0 fully saturated rings. The minimum absolute atomic E-state index is 0.0909. The highest BCUT2D eigenvalue weighted by molar-refractivity contribution is 7.99. The molecule has 0 saturated heterocycles. The zero-order chi connectivity index (χ0) is 16.8. The Balaban J connectivity index is 2.05. The van der Waals surface area contributed by atoms with Gasteiger partial charge in [0.25, 0.3) is 5.56 Å². The minimum atomic E-state index is 0.0909. The highest BCUT2D eigenvalue weighted by Crippen LogP contribution is 2.36. The van der Waals surface area contributed by atoms with Crippen LogP contribution in [0.4, 0.5) is 0 Å². The molecule has 0 amide bonds. The van der Waals surface area contributed by atoms with Gasteiger partial charge in [-0.3, -0.25) is 9.36 Å². The van der Waals surface area contributed by atoms with Gasteiger partial charge in [-0.2, -0.15) is 0 Å². The summed E-state index contributed by atoms with van der Waals surface area (Å²) in [5.74, 6) is 0. The summed E-state index contributed by atoms with van der Waals surface area (Å²) < 4.78 is 1.81. The fourth-order valence-electron chi connectivity index (χ4n) is 3.31. The summed E-state index contributed by atoms with van der Waals surface area (Å²) in [6, 6.07) is 8.12. The van der Waals surface area contributed by atoms with Gasteiger partial charge in [0.1, 0.15) is 4.83 Å². The van der Waals surface area contributed by atoms with Crippen LogP contribution in [0.2, 0.25) is 0 Å². The molecular formula is C19H20N2OS2. The van der Waals surface area contributed by atoms with Gasteiger partial charge in [-0.1, -0.05) is 37.7 Å². The Labute approximate surface area is 149 Å². The molecule has 5 heteroatoms. The Morgan fingerprint density at radius 3 is 2.88 bits per heavy atom. The van der Waals surface area contributed by atoms with Crippen LogP contribution in [-0.2, 0) is 12.8 Å². The van der Waals surface area contributed by atoms with Crippen LogP contribution >= 0.6 is 23.1 Å². The van der Waals surface area contributed by atoms with Crippen molar-refractivity contribution in [3.8, 4) is 5.69 Å². The molecule has 0 spiro atoms. The van der Waals surface area contributed by atoms with E-state index in [2.05, 4.69) is 32.9 Å². The van der Waals surface area contributed by atoms with E-state index < -0.39 is 0 Å². The van der Waals surface area contributed by atoms with Gasteiger partial charge >= 0.3 is 0 Å². The Hall–Kier alpha value is -1.59. The third-order valence-corrected chi connectivity index (χ3v) is 6.45. The molecule has 3 nitrogen and oxygen atoms in total. The van der Waals surface area contributed by atoms with E-state index in [1.807, 2.05) is 16.7 Å². The smallest absolute Gasteiger partial charge is 0.267 e. The second-order valence-corrected chi connectivity index (χ2v) is 9.21. The first-order valence-electron chi connectivity index (χ1n) is 8.35. The lowest BCUT2D eigenvalue weighted by Gasteiger charge is -2.14. The summed E-state index contributed by atoms with van der Waals surface area (Å²) in [6.45, 7) is 6.32. The van der Waals surface area contributed by atoms with Gasteiger partial charge in [0.2, 0.25) is 0 Å². The molecule has 2 heterocycles. The largest absolute Gasteiger partial charge is 0.268 e. The van der Waals surface area contributed by atoms with Crippen molar-refractivity contribution in [1.29, 1.82) is 0 Å². The van der Waals surface area contributed by atoms with Gasteiger partial charge in [0.15, 0.2) is 5.16 Å². The van der Waals surface area contributed by atoms with E-state index in [4.69, 9.17) is 4.98 Å². The number of hydrogen-bond donors (Lipinski definition) is 0. The Bertz CT molecular complexity index is 985. The third kappa shape index (κ3) is 2.60. The van der Waals surface area contributed by atoms with Crippen LogP contribution in [0.1, 0.15) is 36.3 Å². The first-order valence-corrected chi connectivity index (χ1v) is 10.0. The Kier molecular flexibility index (Phi) is 4.01. The lowest BCUT2D eigenvalue weighted by Crippen LogP contribution is -2.22. The van der Waals surface area contributed by atoms with E-state index in [0.717, 1.165) is 45.9 Å². The van der Waals surface area contributed by atoms with E-state index in [1.54, 1.807) is 23.1 Å². The quantitative estimate of drug-likeness (QED) is 0.502. The number of thiophene rings is 1. The molecule has 0 aliphatic heterocycles.